The molecule has 0 unspecified atom stereocenters. The number of hydrogen-bond acceptors (Lipinski definition) is 4. The van der Waals surface area contributed by atoms with Crippen molar-refractivity contribution in [2.24, 2.45) is 0 Å². The van der Waals surface area contributed by atoms with E-state index in [1.807, 2.05) is 25.1 Å². The zero-order valence-electron chi connectivity index (χ0n) is 13.2. The van der Waals surface area contributed by atoms with E-state index in [0.29, 0.717) is 4.96 Å². The molecule has 0 saturated carbocycles. The number of carbonyl (C=O) groups is 1. The second kappa shape index (κ2) is 5.96. The van der Waals surface area contributed by atoms with Gasteiger partial charge in [0.05, 0.1) is 0 Å². The first kappa shape index (κ1) is 15.4. The molecule has 0 aliphatic rings. The number of carbonyl (C=O) groups excluding carboxylic acids is 1. The molecule has 1 N–H and O–H groups in total. The molecule has 23 heavy (non-hydrogen) atoms. The zero-order chi connectivity index (χ0) is 16.6. The number of thiazole rings is 1. The molecule has 0 saturated heterocycles. The third-order valence-electron chi connectivity index (χ3n) is 3.75. The van der Waals surface area contributed by atoms with E-state index in [4.69, 9.17) is 0 Å². The van der Waals surface area contributed by atoms with Crippen LogP contribution in [0.5, 0.6) is 0 Å². The van der Waals surface area contributed by atoms with Crippen molar-refractivity contribution in [3.05, 3.63) is 63.0 Å². The number of anilines is 1. The minimum absolute atomic E-state index is 0.0406. The molecule has 1 aromatic carbocycles. The number of hydrogen-bond donors (Lipinski definition) is 1. The number of para-hydroxylation sites is 1. The van der Waals surface area contributed by atoms with Crippen molar-refractivity contribution in [1.29, 1.82) is 0 Å². The van der Waals surface area contributed by atoms with E-state index in [0.717, 1.165) is 16.8 Å². The molecule has 6 heteroatoms. The van der Waals surface area contributed by atoms with Crippen molar-refractivity contribution in [2.45, 2.75) is 26.7 Å². The molecule has 118 valence electrons. The van der Waals surface area contributed by atoms with Crippen molar-refractivity contribution in [3.8, 4) is 0 Å². The number of amides is 1. The lowest BCUT2D eigenvalue weighted by molar-refractivity contribution is 0.102. The van der Waals surface area contributed by atoms with Gasteiger partial charge in [0.15, 0.2) is 4.96 Å². The molecule has 0 spiro atoms. The molecule has 2 aromatic heterocycles. The summed E-state index contributed by atoms with van der Waals surface area (Å²) < 4.78 is 1.39. The van der Waals surface area contributed by atoms with Crippen molar-refractivity contribution >= 4 is 27.9 Å². The summed E-state index contributed by atoms with van der Waals surface area (Å²) in [7, 11) is 0. The molecule has 3 rings (SSSR count). The Morgan fingerprint density at radius 1 is 1.35 bits per heavy atom. The lowest BCUT2D eigenvalue weighted by atomic mass is 9.98. The molecule has 3 aromatic rings. The van der Waals surface area contributed by atoms with Crippen LogP contribution < -0.4 is 10.9 Å². The highest BCUT2D eigenvalue weighted by Crippen LogP contribution is 2.27. The predicted molar refractivity (Wildman–Crippen MR) is 92.6 cm³/mol. The van der Waals surface area contributed by atoms with Crippen LogP contribution in [0.2, 0.25) is 0 Å². The Morgan fingerprint density at radius 3 is 2.87 bits per heavy atom. The topological polar surface area (TPSA) is 63.5 Å². The highest BCUT2D eigenvalue weighted by molar-refractivity contribution is 7.15. The Balaban J connectivity index is 2.02. The fourth-order valence-electron chi connectivity index (χ4n) is 2.50. The molecule has 1 amide bonds. The van der Waals surface area contributed by atoms with Crippen molar-refractivity contribution in [2.75, 3.05) is 5.32 Å². The van der Waals surface area contributed by atoms with Gasteiger partial charge in [0, 0.05) is 23.5 Å². The van der Waals surface area contributed by atoms with Crippen LogP contribution in [-0.2, 0) is 0 Å². The van der Waals surface area contributed by atoms with Crippen LogP contribution in [0.25, 0.3) is 4.96 Å². The minimum Gasteiger partial charge on any atom is -0.321 e. The number of nitrogens with zero attached hydrogens (tertiary/aromatic N) is 2. The van der Waals surface area contributed by atoms with E-state index in [1.165, 1.54) is 21.9 Å². The van der Waals surface area contributed by atoms with Gasteiger partial charge in [-0.2, -0.15) is 0 Å². The monoisotopic (exact) mass is 327 g/mol. The van der Waals surface area contributed by atoms with Gasteiger partial charge in [-0.25, -0.2) is 4.98 Å². The summed E-state index contributed by atoms with van der Waals surface area (Å²) in [4.78, 5) is 29.7. The van der Waals surface area contributed by atoms with Gasteiger partial charge in [-0.15, -0.1) is 11.3 Å². The van der Waals surface area contributed by atoms with Gasteiger partial charge >= 0.3 is 0 Å². The van der Waals surface area contributed by atoms with Crippen molar-refractivity contribution < 1.29 is 4.79 Å². The van der Waals surface area contributed by atoms with Crippen LogP contribution in [0.4, 0.5) is 5.69 Å². The summed E-state index contributed by atoms with van der Waals surface area (Å²) in [6.07, 6.45) is 2.97. The molecule has 0 fully saturated rings. The number of aryl methyl sites for hydroxylation is 1. The van der Waals surface area contributed by atoms with E-state index in [9.17, 15) is 9.59 Å². The minimum atomic E-state index is -0.431. The fraction of sp³-hybridized carbons (Fsp3) is 0.235. The predicted octanol–water partition coefficient (Wildman–Crippen LogP) is 3.44. The molecule has 0 aliphatic heterocycles. The normalized spacial score (nSPS) is 11.1. The SMILES string of the molecule is Cc1cccc(C(C)C)c1NC(=O)c1cnc2sccn2c1=O. The summed E-state index contributed by atoms with van der Waals surface area (Å²) in [5.74, 6) is -0.164. The van der Waals surface area contributed by atoms with Crippen LogP contribution in [0.3, 0.4) is 0 Å². The van der Waals surface area contributed by atoms with Gasteiger partial charge < -0.3 is 5.32 Å². The van der Waals surface area contributed by atoms with E-state index in [2.05, 4.69) is 24.1 Å². The van der Waals surface area contributed by atoms with Crippen LogP contribution in [0.15, 0.2) is 40.8 Å². The Hall–Kier alpha value is -2.47. The van der Waals surface area contributed by atoms with Gasteiger partial charge in [-0.3, -0.25) is 14.0 Å². The fourth-order valence-corrected chi connectivity index (χ4v) is 3.18. The van der Waals surface area contributed by atoms with Crippen LogP contribution in [0, 0.1) is 6.92 Å². The molecule has 2 heterocycles. The van der Waals surface area contributed by atoms with Crippen LogP contribution >= 0.6 is 11.3 Å². The second-order valence-electron chi connectivity index (χ2n) is 5.68. The van der Waals surface area contributed by atoms with E-state index in [-0.39, 0.29) is 17.0 Å². The smallest absolute Gasteiger partial charge is 0.271 e. The lowest BCUT2D eigenvalue weighted by Gasteiger charge is -2.16. The van der Waals surface area contributed by atoms with Gasteiger partial charge in [0.2, 0.25) is 0 Å². The quantitative estimate of drug-likeness (QED) is 0.801. The second-order valence-corrected chi connectivity index (χ2v) is 6.55. The first-order chi connectivity index (χ1) is 11.0. The van der Waals surface area contributed by atoms with E-state index < -0.39 is 5.91 Å². The van der Waals surface area contributed by atoms with E-state index >= 15 is 0 Å². The zero-order valence-corrected chi connectivity index (χ0v) is 14.0. The molecular formula is C17H17N3O2S. The Labute approximate surface area is 137 Å². The van der Waals surface area contributed by atoms with Gasteiger partial charge in [-0.1, -0.05) is 32.0 Å². The maximum atomic E-state index is 12.6. The Kier molecular flexibility index (Phi) is 4.00. The maximum absolute atomic E-state index is 12.6. The number of nitrogens with one attached hydrogen (secondary N) is 1. The van der Waals surface area contributed by atoms with Crippen LogP contribution in [0.1, 0.15) is 41.3 Å². The summed E-state index contributed by atoms with van der Waals surface area (Å²) in [5.41, 5.74) is 2.46. The molecule has 0 atom stereocenters. The van der Waals surface area contributed by atoms with Gasteiger partial charge in [0.1, 0.15) is 5.56 Å². The molecule has 0 radical (unpaired) electrons. The van der Waals surface area contributed by atoms with Gasteiger partial charge in [-0.05, 0) is 24.0 Å². The summed E-state index contributed by atoms with van der Waals surface area (Å²) >= 11 is 1.35. The van der Waals surface area contributed by atoms with E-state index in [1.54, 1.807) is 11.6 Å². The van der Waals surface area contributed by atoms with Crippen molar-refractivity contribution in [3.63, 3.8) is 0 Å². The molecule has 0 bridgehead atoms. The first-order valence-electron chi connectivity index (χ1n) is 7.34. The third kappa shape index (κ3) is 2.77. The standard InChI is InChI=1S/C17H17N3O2S/c1-10(2)12-6-4-5-11(3)14(12)19-15(21)13-9-18-17-20(16(13)22)7-8-23-17/h4-10H,1-3H3,(H,19,21). The summed E-state index contributed by atoms with van der Waals surface area (Å²) in [5, 5.41) is 4.65. The van der Waals surface area contributed by atoms with Gasteiger partial charge in [0.25, 0.3) is 11.5 Å². The number of aromatic nitrogens is 2. The molecule has 0 aliphatic carbocycles. The first-order valence-corrected chi connectivity index (χ1v) is 8.22. The molecule has 5 nitrogen and oxygen atoms in total. The number of fused-ring (bicyclic) bond motifs is 1. The number of benzene rings is 1. The average molecular weight is 327 g/mol. The van der Waals surface area contributed by atoms with Crippen molar-refractivity contribution in [1.82, 2.24) is 9.38 Å². The largest absolute Gasteiger partial charge is 0.321 e. The number of rotatable bonds is 3. The third-order valence-corrected chi connectivity index (χ3v) is 4.52. The summed E-state index contributed by atoms with van der Waals surface area (Å²) in [6, 6.07) is 5.89. The molecular weight excluding hydrogens is 310 g/mol. The highest BCUT2D eigenvalue weighted by Gasteiger charge is 2.17. The Bertz CT molecular complexity index is 940. The Morgan fingerprint density at radius 2 is 2.13 bits per heavy atom. The lowest BCUT2D eigenvalue weighted by Crippen LogP contribution is -2.26. The average Bonchev–Trinajstić information content (AvgIpc) is 2.98. The summed E-state index contributed by atoms with van der Waals surface area (Å²) in [6.45, 7) is 6.07. The highest BCUT2D eigenvalue weighted by atomic mass is 32.1. The maximum Gasteiger partial charge on any atom is 0.271 e. The van der Waals surface area contributed by atoms with Crippen LogP contribution in [-0.4, -0.2) is 15.3 Å².